The molecule has 5 aromatic rings. The third-order valence-electron chi connectivity index (χ3n) is 4.22. The molecule has 0 unspecified atom stereocenters. The summed E-state index contributed by atoms with van der Waals surface area (Å²) in [7, 11) is 1.97. The second-order valence-electron chi connectivity index (χ2n) is 5.84. The highest BCUT2D eigenvalue weighted by Gasteiger charge is 2.14. The van der Waals surface area contributed by atoms with Crippen molar-refractivity contribution in [2.24, 2.45) is 7.05 Å². The van der Waals surface area contributed by atoms with Gasteiger partial charge in [-0.1, -0.05) is 17.7 Å². The Kier molecular flexibility index (Phi) is 3.41. The molecule has 0 amide bonds. The molecule has 2 N–H and O–H groups in total. The molecule has 3 aromatic heterocycles. The maximum atomic E-state index is 6.46. The fourth-order valence-corrected chi connectivity index (χ4v) is 3.77. The highest BCUT2D eigenvalue weighted by Crippen LogP contribution is 2.34. The number of anilines is 2. The van der Waals surface area contributed by atoms with Crippen LogP contribution in [-0.2, 0) is 7.05 Å². The van der Waals surface area contributed by atoms with Gasteiger partial charge in [0.05, 0.1) is 39.8 Å². The summed E-state index contributed by atoms with van der Waals surface area (Å²) in [6, 6.07) is 9.80. The second-order valence-corrected chi connectivity index (χ2v) is 6.97. The average molecular weight is 382 g/mol. The van der Waals surface area contributed by atoms with Gasteiger partial charge in [0, 0.05) is 29.5 Å². The van der Waals surface area contributed by atoms with Gasteiger partial charge in [-0.3, -0.25) is 5.10 Å². The first-order valence-corrected chi connectivity index (χ1v) is 8.98. The van der Waals surface area contributed by atoms with Crippen molar-refractivity contribution in [1.82, 2.24) is 29.1 Å². The molecule has 0 spiro atoms. The number of halogens is 1. The normalized spacial score (nSPS) is 11.5. The van der Waals surface area contributed by atoms with E-state index in [9.17, 15) is 0 Å². The highest BCUT2D eigenvalue weighted by molar-refractivity contribution is 7.10. The molecule has 26 heavy (non-hydrogen) atoms. The maximum Gasteiger partial charge on any atom is 0.207 e. The van der Waals surface area contributed by atoms with Gasteiger partial charge in [0.2, 0.25) is 5.13 Å². The summed E-state index contributed by atoms with van der Waals surface area (Å²) < 4.78 is 6.46. The van der Waals surface area contributed by atoms with Crippen molar-refractivity contribution in [2.75, 3.05) is 5.32 Å². The molecule has 0 aliphatic carbocycles. The molecule has 0 aliphatic heterocycles. The van der Waals surface area contributed by atoms with Crippen LogP contribution >= 0.6 is 23.1 Å². The number of aryl methyl sites for hydroxylation is 1. The predicted molar refractivity (Wildman–Crippen MR) is 104 cm³/mol. The highest BCUT2D eigenvalue weighted by atomic mass is 35.5. The lowest BCUT2D eigenvalue weighted by atomic mass is 10.2. The molecule has 0 atom stereocenters. The zero-order valence-electron chi connectivity index (χ0n) is 13.6. The number of aromatic nitrogens is 6. The Bertz CT molecular complexity index is 1250. The zero-order valence-corrected chi connectivity index (χ0v) is 15.1. The lowest BCUT2D eigenvalue weighted by Crippen LogP contribution is -1.91. The minimum atomic E-state index is 0.597. The van der Waals surface area contributed by atoms with E-state index >= 15 is 0 Å². The van der Waals surface area contributed by atoms with Gasteiger partial charge in [-0.2, -0.15) is 14.5 Å². The number of nitrogens with zero attached hydrogens (tertiary/aromatic N) is 5. The third-order valence-corrected chi connectivity index (χ3v) is 5.26. The van der Waals surface area contributed by atoms with Crippen LogP contribution in [-0.4, -0.2) is 29.1 Å². The first-order chi connectivity index (χ1) is 12.7. The molecular weight excluding hydrogens is 370 g/mol. The fraction of sp³-hybridized carbons (Fsp3) is 0.0588. The number of hydrogen-bond acceptors (Lipinski definition) is 6. The Labute approximate surface area is 156 Å². The Hall–Kier alpha value is -2.97. The smallest absolute Gasteiger partial charge is 0.207 e. The minimum absolute atomic E-state index is 0.597. The molecular formula is C17H12ClN7S. The molecule has 3 heterocycles. The Morgan fingerprint density at radius 3 is 3.08 bits per heavy atom. The van der Waals surface area contributed by atoms with Crippen LogP contribution in [0.5, 0.6) is 0 Å². The summed E-state index contributed by atoms with van der Waals surface area (Å²) in [4.78, 5) is 9.07. The summed E-state index contributed by atoms with van der Waals surface area (Å²) >= 11 is 7.74. The van der Waals surface area contributed by atoms with Crippen LogP contribution in [0.2, 0.25) is 5.02 Å². The van der Waals surface area contributed by atoms with Gasteiger partial charge in [-0.05, 0) is 24.3 Å². The van der Waals surface area contributed by atoms with E-state index in [1.165, 1.54) is 11.5 Å². The number of H-pyrrole nitrogens is 1. The number of rotatable bonds is 3. The Morgan fingerprint density at radius 1 is 1.23 bits per heavy atom. The lowest BCUT2D eigenvalue weighted by Gasteiger charge is -2.05. The predicted octanol–water partition coefficient (Wildman–Crippen LogP) is 4.37. The van der Waals surface area contributed by atoms with Gasteiger partial charge in [0.1, 0.15) is 0 Å². The summed E-state index contributed by atoms with van der Waals surface area (Å²) in [5, 5.41) is 12.3. The van der Waals surface area contributed by atoms with E-state index < -0.39 is 0 Å². The molecule has 9 heteroatoms. The molecule has 0 saturated carbocycles. The van der Waals surface area contributed by atoms with Crippen molar-refractivity contribution in [3.8, 4) is 11.4 Å². The topological polar surface area (TPSA) is 84.3 Å². The molecule has 128 valence electrons. The number of benzene rings is 2. The third kappa shape index (κ3) is 2.34. The van der Waals surface area contributed by atoms with Crippen LogP contribution in [0.3, 0.4) is 0 Å². The van der Waals surface area contributed by atoms with E-state index in [1.54, 1.807) is 12.5 Å². The summed E-state index contributed by atoms with van der Waals surface area (Å²) in [6.45, 7) is 0. The van der Waals surface area contributed by atoms with Gasteiger partial charge in [-0.25, -0.2) is 4.98 Å². The molecule has 0 radical (unpaired) electrons. The minimum Gasteiger partial charge on any atom is -0.334 e. The molecule has 5 rings (SSSR count). The summed E-state index contributed by atoms with van der Waals surface area (Å²) in [6.07, 6.45) is 3.50. The molecule has 2 aromatic carbocycles. The monoisotopic (exact) mass is 381 g/mol. The van der Waals surface area contributed by atoms with Crippen LogP contribution in [0, 0.1) is 0 Å². The average Bonchev–Trinajstić information content (AvgIpc) is 3.38. The summed E-state index contributed by atoms with van der Waals surface area (Å²) in [5.74, 6) is 0.641. The molecule has 7 nitrogen and oxygen atoms in total. The van der Waals surface area contributed by atoms with Crippen molar-refractivity contribution in [3.63, 3.8) is 0 Å². The van der Waals surface area contributed by atoms with E-state index in [2.05, 4.69) is 29.9 Å². The lowest BCUT2D eigenvalue weighted by molar-refractivity contribution is 0.948. The van der Waals surface area contributed by atoms with Gasteiger partial charge >= 0.3 is 0 Å². The van der Waals surface area contributed by atoms with E-state index in [1.807, 2.05) is 41.9 Å². The molecule has 0 aliphatic rings. The van der Waals surface area contributed by atoms with Crippen LogP contribution in [0.4, 0.5) is 10.8 Å². The van der Waals surface area contributed by atoms with Crippen LogP contribution in [0.15, 0.2) is 42.9 Å². The Morgan fingerprint density at radius 2 is 2.15 bits per heavy atom. The van der Waals surface area contributed by atoms with Gasteiger partial charge in [0.15, 0.2) is 5.82 Å². The number of fused-ring (bicyclic) bond motifs is 2. The fourth-order valence-electron chi connectivity index (χ4n) is 2.92. The maximum absolute atomic E-state index is 6.46. The Balaban J connectivity index is 1.52. The first kappa shape index (κ1) is 15.3. The van der Waals surface area contributed by atoms with E-state index in [-0.39, 0.29) is 0 Å². The largest absolute Gasteiger partial charge is 0.334 e. The first-order valence-electron chi connectivity index (χ1n) is 7.83. The van der Waals surface area contributed by atoms with Crippen molar-refractivity contribution in [1.29, 1.82) is 0 Å². The molecule has 0 bridgehead atoms. The number of aromatic amines is 1. The van der Waals surface area contributed by atoms with Crippen molar-refractivity contribution < 1.29 is 0 Å². The number of imidazole rings is 1. The molecule has 0 fully saturated rings. The van der Waals surface area contributed by atoms with Crippen LogP contribution < -0.4 is 5.32 Å². The number of nitrogens with one attached hydrogen (secondary N) is 2. The number of para-hydroxylation sites is 1. The summed E-state index contributed by atoms with van der Waals surface area (Å²) in [5.41, 5.74) is 4.49. The molecule has 0 saturated heterocycles. The number of hydrogen-bond donors (Lipinski definition) is 2. The van der Waals surface area contributed by atoms with Crippen LogP contribution in [0.25, 0.3) is 33.3 Å². The quantitative estimate of drug-likeness (QED) is 0.485. The zero-order chi connectivity index (χ0) is 17.7. The SMILES string of the molecule is Cn1cnc2c(-c3nsc(Nc4ccc5[nH]ncc5c4Cl)n3)cccc21. The van der Waals surface area contributed by atoms with E-state index in [4.69, 9.17) is 11.6 Å². The van der Waals surface area contributed by atoms with Crippen molar-refractivity contribution in [3.05, 3.63) is 47.9 Å². The van der Waals surface area contributed by atoms with Crippen molar-refractivity contribution >= 4 is 55.9 Å². The van der Waals surface area contributed by atoms with E-state index in [0.29, 0.717) is 16.0 Å². The van der Waals surface area contributed by atoms with Gasteiger partial charge < -0.3 is 9.88 Å². The standard InChI is InChI=1S/C17H12ClN7S/c1-25-8-19-15-9(3-2-4-13(15)25)16-22-17(26-24-16)21-12-6-5-11-10(14(12)18)7-20-23-11/h2-8H,1H3,(H,20,23)(H,21,22,24). The van der Waals surface area contributed by atoms with Gasteiger partial charge in [-0.15, -0.1) is 0 Å². The van der Waals surface area contributed by atoms with E-state index in [0.717, 1.165) is 33.2 Å². The van der Waals surface area contributed by atoms with Crippen LogP contribution in [0.1, 0.15) is 0 Å². The van der Waals surface area contributed by atoms with Crippen molar-refractivity contribution in [2.45, 2.75) is 0 Å². The van der Waals surface area contributed by atoms with Gasteiger partial charge in [0.25, 0.3) is 0 Å². The second kappa shape index (κ2) is 5.79.